The van der Waals surface area contributed by atoms with Crippen LogP contribution in [0.4, 0.5) is 0 Å². The first-order valence-corrected chi connectivity index (χ1v) is 35.7. The molecule has 8 atom stereocenters. The van der Waals surface area contributed by atoms with Gasteiger partial charge in [-0.25, -0.2) is 0 Å². The molecule has 1 aliphatic heterocycles. The van der Waals surface area contributed by atoms with E-state index < -0.39 is 67.4 Å². The van der Waals surface area contributed by atoms with Crippen LogP contribution in [0.25, 0.3) is 0 Å². The van der Waals surface area contributed by atoms with Crippen LogP contribution in [0.2, 0.25) is 0 Å². The smallest absolute Gasteiger partial charge is 0.306 e. The molecule has 0 radical (unpaired) electrons. The number of ether oxygens (including phenoxy) is 3. The zero-order chi connectivity index (χ0) is 61.7. The third-order valence-electron chi connectivity index (χ3n) is 16.6. The highest BCUT2D eigenvalue weighted by Gasteiger charge is 2.47. The van der Waals surface area contributed by atoms with Crippen LogP contribution in [0.15, 0.2) is 72.9 Å². The summed E-state index contributed by atoms with van der Waals surface area (Å²) in [7, 11) is 0. The summed E-state index contributed by atoms with van der Waals surface area (Å²) in [5.41, 5.74) is 0. The zero-order valence-electron chi connectivity index (χ0n) is 55.0. The van der Waals surface area contributed by atoms with Gasteiger partial charge in [0.15, 0.2) is 12.4 Å². The van der Waals surface area contributed by atoms with Crippen LogP contribution >= 0.6 is 0 Å². The fraction of sp³-hybridized carbons (Fsp3) is 0.811. The van der Waals surface area contributed by atoms with Crippen LogP contribution in [0.1, 0.15) is 323 Å². The second-order valence-corrected chi connectivity index (χ2v) is 24.6. The Kier molecular flexibility index (Phi) is 57.8. The monoisotopic (exact) mass is 1200 g/mol. The van der Waals surface area contributed by atoms with E-state index in [0.717, 1.165) is 89.9 Å². The van der Waals surface area contributed by atoms with Crippen LogP contribution in [-0.4, -0.2) is 99.6 Å². The maximum Gasteiger partial charge on any atom is 0.306 e. The van der Waals surface area contributed by atoms with E-state index >= 15 is 0 Å². The molecule has 11 heteroatoms. The number of amides is 1. The van der Waals surface area contributed by atoms with Crippen molar-refractivity contribution in [1.82, 2.24) is 5.32 Å². The van der Waals surface area contributed by atoms with Crippen LogP contribution in [0.3, 0.4) is 0 Å². The van der Waals surface area contributed by atoms with Crippen LogP contribution in [-0.2, 0) is 23.8 Å². The fourth-order valence-corrected chi connectivity index (χ4v) is 10.9. The van der Waals surface area contributed by atoms with Gasteiger partial charge in [-0.05, 0) is 96.3 Å². The third-order valence-corrected chi connectivity index (χ3v) is 16.6. The summed E-state index contributed by atoms with van der Waals surface area (Å²) in [6.45, 7) is 5.78. The van der Waals surface area contributed by atoms with Gasteiger partial charge >= 0.3 is 5.97 Å². The van der Waals surface area contributed by atoms with Gasteiger partial charge in [-0.15, -0.1) is 0 Å². The van der Waals surface area contributed by atoms with Crippen LogP contribution < -0.4 is 5.32 Å². The first-order valence-electron chi connectivity index (χ1n) is 35.7. The molecule has 1 heterocycles. The average Bonchev–Trinajstić information content (AvgIpc) is 2.90. The summed E-state index contributed by atoms with van der Waals surface area (Å²) >= 11 is 0. The van der Waals surface area contributed by atoms with E-state index in [9.17, 15) is 35.1 Å². The predicted molar refractivity (Wildman–Crippen MR) is 356 cm³/mol. The van der Waals surface area contributed by atoms with Crippen molar-refractivity contribution >= 4 is 11.9 Å². The third kappa shape index (κ3) is 48.7. The predicted octanol–water partition coefficient (Wildman–Crippen LogP) is 18.3. The van der Waals surface area contributed by atoms with E-state index in [0.29, 0.717) is 12.8 Å². The lowest BCUT2D eigenvalue weighted by Gasteiger charge is -2.41. The number of aliphatic hydroxyl groups excluding tert-OH is 5. The minimum Gasteiger partial charge on any atom is -0.454 e. The molecule has 494 valence electrons. The first kappa shape index (κ1) is 80.1. The minimum absolute atomic E-state index is 0.115. The van der Waals surface area contributed by atoms with E-state index in [2.05, 4.69) is 86.8 Å². The Hall–Kier alpha value is -2.90. The van der Waals surface area contributed by atoms with Crippen molar-refractivity contribution in [3.05, 3.63) is 72.9 Å². The second kappa shape index (κ2) is 61.3. The van der Waals surface area contributed by atoms with Gasteiger partial charge in [-0.1, -0.05) is 293 Å². The van der Waals surface area contributed by atoms with Crippen molar-refractivity contribution in [2.75, 3.05) is 13.2 Å². The molecule has 0 aromatic heterocycles. The lowest BCUT2D eigenvalue weighted by molar-refractivity contribution is -0.305. The topological polar surface area (TPSA) is 175 Å². The Morgan fingerprint density at radius 1 is 0.459 bits per heavy atom. The molecule has 11 nitrogen and oxygen atoms in total. The number of carbonyl (C=O) groups is 2. The molecule has 0 saturated carbocycles. The molecule has 0 aliphatic carbocycles. The Morgan fingerprint density at radius 3 is 1.25 bits per heavy atom. The first-order chi connectivity index (χ1) is 41.7. The van der Waals surface area contributed by atoms with Gasteiger partial charge in [-0.2, -0.15) is 0 Å². The highest BCUT2D eigenvalue weighted by Crippen LogP contribution is 2.26. The van der Waals surface area contributed by atoms with Gasteiger partial charge in [0.05, 0.1) is 25.4 Å². The molecule has 1 amide bonds. The highest BCUT2D eigenvalue weighted by atomic mass is 16.7. The number of unbranched alkanes of at least 4 members (excludes halogenated alkanes) is 37. The van der Waals surface area contributed by atoms with Gasteiger partial charge in [0.2, 0.25) is 5.91 Å². The summed E-state index contributed by atoms with van der Waals surface area (Å²) in [6.07, 6.45) is 69.4. The standard InChI is InChI=1S/C74H133NO10/c1-4-7-10-13-16-19-22-24-26-28-30-32-33-34-35-36-38-40-42-44-47-50-53-56-59-62-69(79)85-72-71(81)70(80)68(63-76)84-74(72)83-64-65(66(77)60-57-54-51-48-45-21-18-15-12-9-6-3)75-73(82)67(78)61-58-55-52-49-46-43-41-39-37-31-29-27-25-23-20-17-14-11-8-5-2/h16,19,24-27,30,32,34-35,57,60,65-68,70-72,74,76-78,80-81H,4-15,17-18,20-23,28-29,31,33,36-56,58-59,61-64H2,1-3H3,(H,75,82)/b19-16-,26-24-,27-25+,32-30-,35-34-,60-57+. The molecule has 0 aromatic carbocycles. The molecule has 1 rings (SSSR count). The Labute approximate surface area is 521 Å². The highest BCUT2D eigenvalue weighted by molar-refractivity contribution is 5.80. The molecule has 0 bridgehead atoms. The fourth-order valence-electron chi connectivity index (χ4n) is 10.9. The molecule has 1 aliphatic rings. The largest absolute Gasteiger partial charge is 0.454 e. The van der Waals surface area contributed by atoms with Gasteiger partial charge in [0.25, 0.3) is 0 Å². The summed E-state index contributed by atoms with van der Waals surface area (Å²) in [5, 5.41) is 57.2. The number of carbonyl (C=O) groups excluding carboxylic acids is 2. The molecular weight excluding hydrogens is 1060 g/mol. The quantitative estimate of drug-likeness (QED) is 0.0195. The molecule has 0 aromatic rings. The van der Waals surface area contributed by atoms with Crippen molar-refractivity contribution in [3.63, 3.8) is 0 Å². The lowest BCUT2D eigenvalue weighted by Crippen LogP contribution is -2.61. The van der Waals surface area contributed by atoms with Crippen molar-refractivity contribution in [3.8, 4) is 0 Å². The zero-order valence-corrected chi connectivity index (χ0v) is 55.0. The summed E-state index contributed by atoms with van der Waals surface area (Å²) in [6, 6.07) is -1.03. The summed E-state index contributed by atoms with van der Waals surface area (Å²) < 4.78 is 17.7. The minimum atomic E-state index is -1.62. The van der Waals surface area contributed by atoms with E-state index in [1.807, 2.05) is 6.08 Å². The summed E-state index contributed by atoms with van der Waals surface area (Å²) in [4.78, 5) is 26.7. The number of esters is 1. The SMILES string of the molecule is CCCCC/C=C\C/C=C\C/C=C\C/C=C\CCCCCCCCCCCC(=O)OC1C(OCC(NC(=O)C(O)CCCCCCCCCCCC/C=C/CCCCCCCC)C(O)/C=C/CCCCCCCCCCC)OC(CO)C(O)C1O. The molecule has 8 unspecified atom stereocenters. The van der Waals surface area contributed by atoms with Crippen molar-refractivity contribution in [2.45, 2.75) is 372 Å². The maximum absolute atomic E-state index is 13.5. The number of aliphatic hydroxyl groups is 5. The van der Waals surface area contributed by atoms with Crippen molar-refractivity contribution in [2.24, 2.45) is 0 Å². The molecule has 6 N–H and O–H groups in total. The van der Waals surface area contributed by atoms with E-state index in [4.69, 9.17) is 14.2 Å². The number of allylic oxidation sites excluding steroid dienone is 11. The average molecular weight is 1200 g/mol. The Bertz CT molecular complexity index is 1660. The molecule has 85 heavy (non-hydrogen) atoms. The summed E-state index contributed by atoms with van der Waals surface area (Å²) in [5.74, 6) is -1.20. The van der Waals surface area contributed by atoms with Crippen molar-refractivity contribution < 1.29 is 49.3 Å². The number of hydrogen-bond acceptors (Lipinski definition) is 10. The molecular formula is C74H133NO10. The Balaban J connectivity index is 2.56. The normalized spacial score (nSPS) is 18.8. The Morgan fingerprint density at radius 2 is 0.812 bits per heavy atom. The molecule has 1 fully saturated rings. The number of nitrogens with one attached hydrogen (secondary N) is 1. The van der Waals surface area contributed by atoms with Gasteiger partial charge < -0.3 is 45.1 Å². The maximum atomic E-state index is 13.5. The van der Waals surface area contributed by atoms with Gasteiger partial charge in [0.1, 0.15) is 24.4 Å². The number of hydrogen-bond donors (Lipinski definition) is 6. The lowest BCUT2D eigenvalue weighted by atomic mass is 9.99. The van der Waals surface area contributed by atoms with Crippen LogP contribution in [0.5, 0.6) is 0 Å². The molecule has 1 saturated heterocycles. The van der Waals surface area contributed by atoms with Crippen molar-refractivity contribution in [1.29, 1.82) is 0 Å². The van der Waals surface area contributed by atoms with E-state index in [1.54, 1.807) is 6.08 Å². The van der Waals surface area contributed by atoms with E-state index in [-0.39, 0.29) is 19.4 Å². The van der Waals surface area contributed by atoms with Gasteiger partial charge in [0, 0.05) is 6.42 Å². The van der Waals surface area contributed by atoms with Gasteiger partial charge in [-0.3, -0.25) is 9.59 Å². The second-order valence-electron chi connectivity index (χ2n) is 24.6. The van der Waals surface area contributed by atoms with E-state index in [1.165, 1.54) is 186 Å². The number of rotatable bonds is 61. The molecule has 0 spiro atoms. The van der Waals surface area contributed by atoms with Crippen LogP contribution in [0, 0.1) is 0 Å².